The molecule has 2 aromatic rings. The van der Waals surface area contributed by atoms with Crippen LogP contribution in [0.4, 0.5) is 5.69 Å². The van der Waals surface area contributed by atoms with E-state index in [1.807, 2.05) is 0 Å². The van der Waals surface area contributed by atoms with Crippen molar-refractivity contribution in [3.63, 3.8) is 0 Å². The van der Waals surface area contributed by atoms with E-state index < -0.39 is 5.63 Å². The van der Waals surface area contributed by atoms with E-state index in [-0.39, 0.29) is 5.91 Å². The van der Waals surface area contributed by atoms with Crippen molar-refractivity contribution in [1.82, 2.24) is 0 Å². The molecular weight excluding hydrogens is 194 g/mol. The molecular formula is C11H9NO3. The fourth-order valence-electron chi connectivity index (χ4n) is 1.40. The third-order valence-corrected chi connectivity index (χ3v) is 1.97. The van der Waals surface area contributed by atoms with Gasteiger partial charge in [0.15, 0.2) is 0 Å². The highest BCUT2D eigenvalue weighted by molar-refractivity contribution is 5.99. The molecule has 0 spiro atoms. The van der Waals surface area contributed by atoms with Gasteiger partial charge in [0.1, 0.15) is 5.58 Å². The minimum Gasteiger partial charge on any atom is -0.423 e. The average Bonchev–Trinajstić information content (AvgIpc) is 2.16. The second-order valence-corrected chi connectivity index (χ2v) is 3.15. The number of anilines is 1. The lowest BCUT2D eigenvalue weighted by Gasteiger charge is -2.04. The molecule has 0 saturated carbocycles. The first kappa shape index (κ1) is 9.45. The molecule has 2 rings (SSSR count). The third kappa shape index (κ3) is 1.88. The Kier molecular flexibility index (Phi) is 2.25. The molecule has 1 N–H and O–H groups in total. The third-order valence-electron chi connectivity index (χ3n) is 1.97. The highest BCUT2D eigenvalue weighted by Gasteiger charge is 2.03. The average molecular weight is 203 g/mol. The van der Waals surface area contributed by atoms with Crippen LogP contribution < -0.4 is 10.9 Å². The normalized spacial score (nSPS) is 10.2. The number of hydrogen-bond acceptors (Lipinski definition) is 3. The second-order valence-electron chi connectivity index (χ2n) is 3.15. The van der Waals surface area contributed by atoms with Gasteiger partial charge in [-0.15, -0.1) is 0 Å². The van der Waals surface area contributed by atoms with Gasteiger partial charge in [-0.05, 0) is 18.2 Å². The van der Waals surface area contributed by atoms with Gasteiger partial charge in [0, 0.05) is 18.4 Å². The van der Waals surface area contributed by atoms with Crippen molar-refractivity contribution in [3.8, 4) is 0 Å². The van der Waals surface area contributed by atoms with Gasteiger partial charge >= 0.3 is 5.63 Å². The SMILES string of the molecule is CC(=O)Nc1cccc2oc(=O)ccc12. The van der Waals surface area contributed by atoms with Crippen molar-refractivity contribution in [2.24, 2.45) is 0 Å². The number of fused-ring (bicyclic) bond motifs is 1. The standard InChI is InChI=1S/C11H9NO3/c1-7(13)12-9-3-2-4-10-8(9)5-6-11(14)15-10/h2-6H,1H3,(H,12,13). The Balaban J connectivity index is 2.65. The number of carbonyl (C=O) groups excluding carboxylic acids is 1. The summed E-state index contributed by atoms with van der Waals surface area (Å²) in [4.78, 5) is 21.9. The Labute approximate surface area is 85.5 Å². The van der Waals surface area contributed by atoms with Crippen molar-refractivity contribution in [3.05, 3.63) is 40.8 Å². The fraction of sp³-hybridized carbons (Fsp3) is 0.0909. The number of rotatable bonds is 1. The van der Waals surface area contributed by atoms with Gasteiger partial charge < -0.3 is 9.73 Å². The summed E-state index contributed by atoms with van der Waals surface area (Å²) >= 11 is 0. The lowest BCUT2D eigenvalue weighted by atomic mass is 10.2. The number of carbonyl (C=O) groups is 1. The van der Waals surface area contributed by atoms with E-state index in [0.29, 0.717) is 16.7 Å². The molecule has 0 atom stereocenters. The van der Waals surface area contributed by atoms with E-state index in [4.69, 9.17) is 4.42 Å². The van der Waals surface area contributed by atoms with Gasteiger partial charge in [0.25, 0.3) is 0 Å². The van der Waals surface area contributed by atoms with Gasteiger partial charge in [-0.1, -0.05) is 6.07 Å². The van der Waals surface area contributed by atoms with Crippen molar-refractivity contribution < 1.29 is 9.21 Å². The van der Waals surface area contributed by atoms with E-state index in [9.17, 15) is 9.59 Å². The largest absolute Gasteiger partial charge is 0.423 e. The highest BCUT2D eigenvalue weighted by atomic mass is 16.4. The van der Waals surface area contributed by atoms with E-state index in [2.05, 4.69) is 5.32 Å². The molecule has 0 aliphatic rings. The zero-order chi connectivity index (χ0) is 10.8. The highest BCUT2D eigenvalue weighted by Crippen LogP contribution is 2.21. The van der Waals surface area contributed by atoms with Gasteiger partial charge in [0.2, 0.25) is 5.91 Å². The molecule has 0 unspecified atom stereocenters. The van der Waals surface area contributed by atoms with E-state index in [1.165, 1.54) is 13.0 Å². The zero-order valence-corrected chi connectivity index (χ0v) is 8.11. The lowest BCUT2D eigenvalue weighted by Crippen LogP contribution is -2.06. The number of hydrogen-bond donors (Lipinski definition) is 1. The van der Waals surface area contributed by atoms with Gasteiger partial charge in [0.05, 0.1) is 5.69 Å². The molecule has 1 amide bonds. The summed E-state index contributed by atoms with van der Waals surface area (Å²) in [7, 11) is 0. The van der Waals surface area contributed by atoms with Crippen LogP contribution in [-0.4, -0.2) is 5.91 Å². The van der Waals surface area contributed by atoms with E-state index in [1.54, 1.807) is 24.3 Å². The molecule has 0 fully saturated rings. The van der Waals surface area contributed by atoms with Crippen molar-refractivity contribution in [1.29, 1.82) is 0 Å². The van der Waals surface area contributed by atoms with E-state index >= 15 is 0 Å². The van der Waals surface area contributed by atoms with Crippen LogP contribution in [0.5, 0.6) is 0 Å². The Hall–Kier alpha value is -2.10. The summed E-state index contributed by atoms with van der Waals surface area (Å²) in [5, 5.41) is 3.38. The molecule has 1 heterocycles. The minimum atomic E-state index is -0.400. The van der Waals surface area contributed by atoms with Crippen LogP contribution in [0.25, 0.3) is 11.0 Å². The van der Waals surface area contributed by atoms with Gasteiger partial charge in [-0.2, -0.15) is 0 Å². The summed E-state index contributed by atoms with van der Waals surface area (Å²) in [5.41, 5.74) is 0.708. The van der Waals surface area contributed by atoms with Crippen molar-refractivity contribution in [2.75, 3.05) is 5.32 Å². The first-order valence-corrected chi connectivity index (χ1v) is 4.47. The summed E-state index contributed by atoms with van der Waals surface area (Å²) in [5.74, 6) is -0.159. The molecule has 1 aromatic heterocycles. The topological polar surface area (TPSA) is 59.3 Å². The Morgan fingerprint density at radius 2 is 2.07 bits per heavy atom. The predicted molar refractivity (Wildman–Crippen MR) is 56.8 cm³/mol. The predicted octanol–water partition coefficient (Wildman–Crippen LogP) is 1.75. The maximum atomic E-state index is 11.0. The molecule has 0 bridgehead atoms. The molecule has 15 heavy (non-hydrogen) atoms. The molecule has 0 saturated heterocycles. The first-order chi connectivity index (χ1) is 7.16. The molecule has 1 aromatic carbocycles. The summed E-state index contributed by atoms with van der Waals surface area (Å²) < 4.78 is 4.98. The lowest BCUT2D eigenvalue weighted by molar-refractivity contribution is -0.114. The maximum absolute atomic E-state index is 11.0. The van der Waals surface area contributed by atoms with Crippen LogP contribution in [0, 0.1) is 0 Å². The van der Waals surface area contributed by atoms with Crippen LogP contribution in [0.15, 0.2) is 39.5 Å². The Morgan fingerprint density at radius 3 is 2.80 bits per heavy atom. The number of amides is 1. The van der Waals surface area contributed by atoms with Gasteiger partial charge in [-0.3, -0.25) is 4.79 Å². The monoisotopic (exact) mass is 203 g/mol. The minimum absolute atomic E-state index is 0.159. The summed E-state index contributed by atoms with van der Waals surface area (Å²) in [6.45, 7) is 1.43. The van der Waals surface area contributed by atoms with Crippen molar-refractivity contribution >= 4 is 22.6 Å². The van der Waals surface area contributed by atoms with Crippen LogP contribution in [-0.2, 0) is 4.79 Å². The Morgan fingerprint density at radius 1 is 1.27 bits per heavy atom. The van der Waals surface area contributed by atoms with Crippen LogP contribution in [0.1, 0.15) is 6.92 Å². The zero-order valence-electron chi connectivity index (χ0n) is 8.11. The molecule has 0 radical (unpaired) electrons. The van der Waals surface area contributed by atoms with Crippen LogP contribution >= 0.6 is 0 Å². The maximum Gasteiger partial charge on any atom is 0.336 e. The molecule has 0 aliphatic carbocycles. The summed E-state index contributed by atoms with van der Waals surface area (Å²) in [6, 6.07) is 8.11. The Bertz CT molecular complexity index is 571. The number of benzene rings is 1. The smallest absolute Gasteiger partial charge is 0.336 e. The second kappa shape index (κ2) is 3.57. The molecule has 4 heteroatoms. The van der Waals surface area contributed by atoms with E-state index in [0.717, 1.165) is 0 Å². The van der Waals surface area contributed by atoms with Gasteiger partial charge in [-0.25, -0.2) is 4.79 Å². The first-order valence-electron chi connectivity index (χ1n) is 4.47. The molecule has 76 valence electrons. The molecule has 0 aliphatic heterocycles. The quantitative estimate of drug-likeness (QED) is 0.718. The molecule has 4 nitrogen and oxygen atoms in total. The number of nitrogens with one attached hydrogen (secondary N) is 1. The van der Waals surface area contributed by atoms with Crippen LogP contribution in [0.3, 0.4) is 0 Å². The van der Waals surface area contributed by atoms with Crippen molar-refractivity contribution in [2.45, 2.75) is 6.92 Å². The summed E-state index contributed by atoms with van der Waals surface area (Å²) in [6.07, 6.45) is 0. The van der Waals surface area contributed by atoms with Crippen LogP contribution in [0.2, 0.25) is 0 Å². The fourth-order valence-corrected chi connectivity index (χ4v) is 1.40.